The second kappa shape index (κ2) is 5.28. The summed E-state index contributed by atoms with van der Waals surface area (Å²) >= 11 is 0. The molecule has 0 atom stereocenters. The third kappa shape index (κ3) is 2.26. The monoisotopic (exact) mass is 305 g/mol. The Morgan fingerprint density at radius 3 is 2.74 bits per heavy atom. The van der Waals surface area contributed by atoms with E-state index in [1.54, 1.807) is 22.9 Å². The van der Waals surface area contributed by atoms with Crippen LogP contribution in [0.15, 0.2) is 54.6 Å². The fourth-order valence-corrected chi connectivity index (χ4v) is 2.96. The second-order valence-electron chi connectivity index (χ2n) is 5.49. The molecule has 0 unspecified atom stereocenters. The average Bonchev–Trinajstić information content (AvgIpc) is 3.18. The van der Waals surface area contributed by atoms with E-state index >= 15 is 0 Å². The van der Waals surface area contributed by atoms with Crippen LogP contribution in [-0.2, 0) is 6.42 Å². The summed E-state index contributed by atoms with van der Waals surface area (Å²) < 4.78 is 1.80. The number of anilines is 1. The van der Waals surface area contributed by atoms with Gasteiger partial charge in [-0.2, -0.15) is 5.10 Å². The smallest absolute Gasteiger partial charge is 0.335 e. The number of carbonyl (C=O) groups is 1. The number of fused-ring (bicyclic) bond motifs is 1. The summed E-state index contributed by atoms with van der Waals surface area (Å²) in [5.74, 6) is 0.0123. The van der Waals surface area contributed by atoms with Crippen molar-refractivity contribution in [3.63, 3.8) is 0 Å². The Hall–Kier alpha value is -3.08. The van der Waals surface area contributed by atoms with E-state index in [0.29, 0.717) is 0 Å². The Bertz CT molecular complexity index is 885. The van der Waals surface area contributed by atoms with Gasteiger partial charge < -0.3 is 10.4 Å². The van der Waals surface area contributed by atoms with Gasteiger partial charge in [0.25, 0.3) is 0 Å². The first-order valence-corrected chi connectivity index (χ1v) is 7.49. The highest BCUT2D eigenvalue weighted by Crippen LogP contribution is 2.34. The Kier molecular flexibility index (Phi) is 3.12. The number of carboxylic acid groups (broad SMARTS) is 1. The Morgan fingerprint density at radius 1 is 1.13 bits per heavy atom. The lowest BCUT2D eigenvalue weighted by Gasteiger charge is -2.07. The van der Waals surface area contributed by atoms with Gasteiger partial charge in [0, 0.05) is 17.7 Å². The highest BCUT2D eigenvalue weighted by molar-refractivity contribution is 5.88. The number of benzene rings is 2. The van der Waals surface area contributed by atoms with Gasteiger partial charge in [0.05, 0.1) is 16.9 Å². The molecule has 1 aromatic heterocycles. The molecule has 5 heteroatoms. The van der Waals surface area contributed by atoms with Crippen molar-refractivity contribution in [3.05, 3.63) is 65.7 Å². The zero-order chi connectivity index (χ0) is 15.8. The molecule has 0 amide bonds. The molecule has 1 aliphatic rings. The number of hydrogen-bond acceptors (Lipinski definition) is 3. The number of nitrogens with zero attached hydrogens (tertiary/aromatic N) is 2. The molecule has 0 aliphatic carbocycles. The van der Waals surface area contributed by atoms with E-state index < -0.39 is 5.97 Å². The summed E-state index contributed by atoms with van der Waals surface area (Å²) in [4.78, 5) is 11.2. The van der Waals surface area contributed by atoms with Crippen molar-refractivity contribution >= 4 is 11.8 Å². The molecule has 0 radical (unpaired) electrons. The van der Waals surface area contributed by atoms with Crippen LogP contribution in [0.3, 0.4) is 0 Å². The number of hydrogen-bond donors (Lipinski definition) is 2. The summed E-state index contributed by atoms with van der Waals surface area (Å²) in [7, 11) is 0. The van der Waals surface area contributed by atoms with Gasteiger partial charge in [0.15, 0.2) is 0 Å². The Morgan fingerprint density at radius 2 is 1.96 bits per heavy atom. The van der Waals surface area contributed by atoms with E-state index in [0.717, 1.165) is 35.7 Å². The van der Waals surface area contributed by atoms with Crippen molar-refractivity contribution in [2.75, 3.05) is 11.9 Å². The third-order valence-electron chi connectivity index (χ3n) is 4.04. The van der Waals surface area contributed by atoms with Gasteiger partial charge in [-0.25, -0.2) is 9.48 Å². The SMILES string of the molecule is O=C(O)c1cccc(-n2nc(-c3ccccc3)c3c2NCC3)c1. The largest absolute Gasteiger partial charge is 0.478 e. The van der Waals surface area contributed by atoms with Crippen LogP contribution in [0.25, 0.3) is 16.9 Å². The Balaban J connectivity index is 1.88. The van der Waals surface area contributed by atoms with Crippen LogP contribution >= 0.6 is 0 Å². The van der Waals surface area contributed by atoms with Crippen molar-refractivity contribution in [1.82, 2.24) is 9.78 Å². The lowest BCUT2D eigenvalue weighted by Crippen LogP contribution is -2.05. The first-order chi connectivity index (χ1) is 11.2. The summed E-state index contributed by atoms with van der Waals surface area (Å²) in [5.41, 5.74) is 4.20. The molecule has 2 heterocycles. The molecule has 2 aromatic carbocycles. The lowest BCUT2D eigenvalue weighted by atomic mass is 10.1. The molecule has 0 saturated carbocycles. The zero-order valence-corrected chi connectivity index (χ0v) is 12.4. The predicted molar refractivity (Wildman–Crippen MR) is 88.2 cm³/mol. The molecule has 0 saturated heterocycles. The van der Waals surface area contributed by atoms with Crippen LogP contribution in [0.2, 0.25) is 0 Å². The molecule has 114 valence electrons. The van der Waals surface area contributed by atoms with E-state index in [9.17, 15) is 9.90 Å². The number of aromatic carboxylic acids is 1. The fourth-order valence-electron chi connectivity index (χ4n) is 2.96. The van der Waals surface area contributed by atoms with E-state index in [2.05, 4.69) is 5.32 Å². The molecular formula is C18H15N3O2. The van der Waals surface area contributed by atoms with E-state index in [4.69, 9.17) is 5.10 Å². The van der Waals surface area contributed by atoms with Gasteiger partial charge in [-0.15, -0.1) is 0 Å². The zero-order valence-electron chi connectivity index (χ0n) is 12.4. The summed E-state index contributed by atoms with van der Waals surface area (Å²) in [6.07, 6.45) is 0.915. The van der Waals surface area contributed by atoms with Crippen LogP contribution in [-0.4, -0.2) is 27.4 Å². The van der Waals surface area contributed by atoms with Crippen molar-refractivity contribution in [2.45, 2.75) is 6.42 Å². The summed E-state index contributed by atoms with van der Waals surface area (Å²) in [5, 5.41) is 17.3. The Labute approximate surface area is 133 Å². The van der Waals surface area contributed by atoms with E-state index in [1.165, 1.54) is 5.56 Å². The molecule has 2 N–H and O–H groups in total. The maximum atomic E-state index is 11.2. The first-order valence-electron chi connectivity index (χ1n) is 7.49. The summed E-state index contributed by atoms with van der Waals surface area (Å²) in [6, 6.07) is 16.9. The number of carboxylic acids is 1. The van der Waals surface area contributed by atoms with E-state index in [-0.39, 0.29) is 5.56 Å². The van der Waals surface area contributed by atoms with Crippen molar-refractivity contribution < 1.29 is 9.90 Å². The summed E-state index contributed by atoms with van der Waals surface area (Å²) in [6.45, 7) is 0.867. The highest BCUT2D eigenvalue weighted by Gasteiger charge is 2.24. The van der Waals surface area contributed by atoms with Crippen LogP contribution in [0.4, 0.5) is 5.82 Å². The van der Waals surface area contributed by atoms with Gasteiger partial charge in [-0.3, -0.25) is 0 Å². The molecule has 23 heavy (non-hydrogen) atoms. The normalized spacial score (nSPS) is 12.7. The van der Waals surface area contributed by atoms with Crippen molar-refractivity contribution in [3.8, 4) is 16.9 Å². The average molecular weight is 305 g/mol. The molecule has 0 bridgehead atoms. The van der Waals surface area contributed by atoms with Gasteiger partial charge in [0.2, 0.25) is 0 Å². The van der Waals surface area contributed by atoms with E-state index in [1.807, 2.05) is 36.4 Å². The van der Waals surface area contributed by atoms with Crippen LogP contribution < -0.4 is 5.32 Å². The van der Waals surface area contributed by atoms with Crippen LogP contribution in [0.1, 0.15) is 15.9 Å². The molecule has 0 fully saturated rings. The molecule has 4 rings (SSSR count). The van der Waals surface area contributed by atoms with Gasteiger partial charge in [-0.05, 0) is 24.6 Å². The number of nitrogens with one attached hydrogen (secondary N) is 1. The molecule has 5 nitrogen and oxygen atoms in total. The predicted octanol–water partition coefficient (Wildman–Crippen LogP) is 3.21. The third-order valence-corrected chi connectivity index (χ3v) is 4.04. The number of aromatic nitrogens is 2. The minimum Gasteiger partial charge on any atom is -0.478 e. The lowest BCUT2D eigenvalue weighted by molar-refractivity contribution is 0.0697. The quantitative estimate of drug-likeness (QED) is 0.780. The first kappa shape index (κ1) is 13.6. The fraction of sp³-hybridized carbons (Fsp3) is 0.111. The second-order valence-corrected chi connectivity index (χ2v) is 5.49. The molecule has 0 spiro atoms. The minimum atomic E-state index is -0.938. The van der Waals surface area contributed by atoms with Crippen molar-refractivity contribution in [2.24, 2.45) is 0 Å². The topological polar surface area (TPSA) is 67.1 Å². The standard InChI is InChI=1S/C18H15N3O2/c22-18(23)13-7-4-8-14(11-13)21-17-15(9-10-19-17)16(20-21)12-5-2-1-3-6-12/h1-8,11,19H,9-10H2,(H,22,23). The van der Waals surface area contributed by atoms with Crippen molar-refractivity contribution in [1.29, 1.82) is 0 Å². The van der Waals surface area contributed by atoms with Gasteiger partial charge in [-0.1, -0.05) is 36.4 Å². The van der Waals surface area contributed by atoms with Gasteiger partial charge in [0.1, 0.15) is 5.82 Å². The minimum absolute atomic E-state index is 0.256. The molecule has 3 aromatic rings. The molecular weight excluding hydrogens is 290 g/mol. The molecule has 1 aliphatic heterocycles. The number of rotatable bonds is 3. The van der Waals surface area contributed by atoms with Crippen LogP contribution in [0.5, 0.6) is 0 Å². The van der Waals surface area contributed by atoms with Gasteiger partial charge >= 0.3 is 5.97 Å². The maximum Gasteiger partial charge on any atom is 0.335 e. The highest BCUT2D eigenvalue weighted by atomic mass is 16.4. The maximum absolute atomic E-state index is 11.2. The van der Waals surface area contributed by atoms with Crippen LogP contribution in [0, 0.1) is 0 Å².